The fourth-order valence-corrected chi connectivity index (χ4v) is 4.47. The molecule has 1 aromatic heterocycles. The first kappa shape index (κ1) is 27.3. The molecule has 7 nitrogen and oxygen atoms in total. The summed E-state index contributed by atoms with van der Waals surface area (Å²) in [5.74, 6) is -0.624. The zero-order chi connectivity index (χ0) is 25.9. The lowest BCUT2D eigenvalue weighted by atomic mass is 10.1. The molecule has 36 heavy (non-hydrogen) atoms. The maximum atomic E-state index is 13.0. The number of anilines is 1. The van der Waals surface area contributed by atoms with Crippen LogP contribution in [0.5, 0.6) is 0 Å². The van der Waals surface area contributed by atoms with Crippen molar-refractivity contribution in [2.75, 3.05) is 38.5 Å². The monoisotopic (exact) mass is 505 g/mol. The number of hydrogen-bond donors (Lipinski definition) is 2. The number of likely N-dealkylation sites (N-methyl/N-ethyl adjacent to an activating group) is 2. The van der Waals surface area contributed by atoms with Gasteiger partial charge in [0.1, 0.15) is 5.00 Å². The Kier molecular flexibility index (Phi) is 10.4. The molecule has 0 atom stereocenters. The van der Waals surface area contributed by atoms with E-state index in [9.17, 15) is 9.59 Å². The molecule has 8 heteroatoms. The lowest BCUT2D eigenvalue weighted by Crippen LogP contribution is -2.32. The average Bonchev–Trinajstić information content (AvgIpc) is 3.34. The molecule has 0 aliphatic rings. The van der Waals surface area contributed by atoms with E-state index in [0.29, 0.717) is 16.1 Å². The summed E-state index contributed by atoms with van der Waals surface area (Å²) in [7, 11) is 2.09. The van der Waals surface area contributed by atoms with Gasteiger partial charge in [0, 0.05) is 25.2 Å². The van der Waals surface area contributed by atoms with Crippen LogP contribution in [0, 0.1) is 6.92 Å². The number of carbonyl (C=O) groups excluding carboxylic acids is 2. The maximum Gasteiger partial charge on any atom is 0.274 e. The number of benzene rings is 2. The molecule has 3 aromatic rings. The molecule has 0 unspecified atom stereocenters. The van der Waals surface area contributed by atoms with E-state index in [2.05, 4.69) is 46.5 Å². The Labute approximate surface area is 217 Å². The van der Waals surface area contributed by atoms with Crippen LogP contribution in [0.1, 0.15) is 51.3 Å². The molecule has 0 spiro atoms. The molecule has 0 aliphatic heterocycles. The predicted octanol–water partition coefficient (Wildman–Crippen LogP) is 4.85. The summed E-state index contributed by atoms with van der Waals surface area (Å²) >= 11 is 1.30. The van der Waals surface area contributed by atoms with Crippen molar-refractivity contribution < 1.29 is 9.59 Å². The van der Waals surface area contributed by atoms with Gasteiger partial charge in [-0.2, -0.15) is 5.10 Å². The number of aryl methyl sites for hydroxylation is 1. The minimum atomic E-state index is -0.376. The number of hydrogen-bond acceptors (Lipinski definition) is 6. The lowest BCUT2D eigenvalue weighted by Gasteiger charge is -2.23. The zero-order valence-corrected chi connectivity index (χ0v) is 22.3. The third-order valence-electron chi connectivity index (χ3n) is 5.93. The summed E-state index contributed by atoms with van der Waals surface area (Å²) in [4.78, 5) is 30.2. The molecule has 2 N–H and O–H groups in total. The molecule has 0 saturated heterocycles. The van der Waals surface area contributed by atoms with Gasteiger partial charge in [-0.1, -0.05) is 55.8 Å². The highest BCUT2D eigenvalue weighted by atomic mass is 32.1. The molecule has 3 rings (SSSR count). The van der Waals surface area contributed by atoms with E-state index >= 15 is 0 Å². The minimum Gasteiger partial charge on any atom is -0.313 e. The van der Waals surface area contributed by atoms with E-state index in [0.717, 1.165) is 49.4 Å². The second-order valence-corrected chi connectivity index (χ2v) is 9.61. The summed E-state index contributed by atoms with van der Waals surface area (Å²) in [5.41, 5.74) is 6.58. The van der Waals surface area contributed by atoms with Gasteiger partial charge in [-0.25, -0.2) is 5.43 Å². The number of thiophene rings is 1. The Morgan fingerprint density at radius 2 is 1.75 bits per heavy atom. The molecule has 0 aliphatic carbocycles. The number of amides is 2. The Bertz CT molecular complexity index is 1170. The van der Waals surface area contributed by atoms with Crippen LogP contribution in [0.3, 0.4) is 0 Å². The summed E-state index contributed by atoms with van der Waals surface area (Å²) in [6.45, 7) is 11.2. The fraction of sp³-hybridized carbons (Fsp3) is 0.321. The van der Waals surface area contributed by atoms with Crippen LogP contribution >= 0.6 is 11.3 Å². The van der Waals surface area contributed by atoms with Crippen molar-refractivity contribution in [3.8, 4) is 0 Å². The number of hydrazone groups is 1. The first-order valence-electron chi connectivity index (χ1n) is 12.2. The molecular formula is C28H35N5O2S. The number of rotatable bonds is 12. The second-order valence-electron chi connectivity index (χ2n) is 8.69. The molecule has 1 heterocycles. The first-order valence-corrected chi connectivity index (χ1v) is 13.1. The third-order valence-corrected chi connectivity index (χ3v) is 6.76. The van der Waals surface area contributed by atoms with E-state index in [-0.39, 0.29) is 11.8 Å². The van der Waals surface area contributed by atoms with E-state index < -0.39 is 0 Å². The van der Waals surface area contributed by atoms with Crippen LogP contribution in [-0.2, 0) is 6.54 Å². The number of nitrogens with one attached hydrogen (secondary N) is 2. The highest BCUT2D eigenvalue weighted by molar-refractivity contribution is 7.14. The number of nitrogens with zero attached hydrogens (tertiary/aromatic N) is 3. The maximum absolute atomic E-state index is 13.0. The molecule has 0 radical (unpaired) electrons. The molecule has 2 amide bonds. The predicted molar refractivity (Wildman–Crippen MR) is 149 cm³/mol. The summed E-state index contributed by atoms with van der Waals surface area (Å²) in [6.07, 6.45) is 1.59. The average molecular weight is 506 g/mol. The highest BCUT2D eigenvalue weighted by Gasteiger charge is 2.16. The van der Waals surface area contributed by atoms with Gasteiger partial charge >= 0.3 is 0 Å². The van der Waals surface area contributed by atoms with Gasteiger partial charge in [0.2, 0.25) is 0 Å². The Morgan fingerprint density at radius 1 is 1.00 bits per heavy atom. The van der Waals surface area contributed by atoms with Crippen molar-refractivity contribution >= 4 is 34.4 Å². The SMILES string of the molecule is CCN(CC)CCN(C)Cc1cccc(C(=O)Nc2sccc2C(=O)N/N=C/c2ccc(C)cc2)c1. The third kappa shape index (κ3) is 8.12. The molecule has 0 fully saturated rings. The van der Waals surface area contributed by atoms with Gasteiger partial charge in [0.05, 0.1) is 11.8 Å². The molecular weight excluding hydrogens is 470 g/mol. The quantitative estimate of drug-likeness (QED) is 0.273. The molecule has 190 valence electrons. The largest absolute Gasteiger partial charge is 0.313 e. The van der Waals surface area contributed by atoms with Crippen LogP contribution in [-0.4, -0.2) is 61.1 Å². The van der Waals surface area contributed by atoms with Crippen LogP contribution in [0.2, 0.25) is 0 Å². The van der Waals surface area contributed by atoms with Crippen LogP contribution in [0.25, 0.3) is 0 Å². The molecule has 0 bridgehead atoms. The van der Waals surface area contributed by atoms with E-state index in [1.54, 1.807) is 23.7 Å². The van der Waals surface area contributed by atoms with Crippen molar-refractivity contribution in [2.45, 2.75) is 27.3 Å². The van der Waals surface area contributed by atoms with Crippen LogP contribution in [0.4, 0.5) is 5.00 Å². The van der Waals surface area contributed by atoms with Gasteiger partial charge in [0.25, 0.3) is 11.8 Å². The van der Waals surface area contributed by atoms with Crippen molar-refractivity contribution in [1.29, 1.82) is 0 Å². The summed E-state index contributed by atoms with van der Waals surface area (Å²) in [6, 6.07) is 17.1. The van der Waals surface area contributed by atoms with Crippen molar-refractivity contribution in [1.82, 2.24) is 15.2 Å². The van der Waals surface area contributed by atoms with Gasteiger partial charge in [-0.3, -0.25) is 9.59 Å². The Morgan fingerprint density at radius 3 is 2.47 bits per heavy atom. The van der Waals surface area contributed by atoms with Gasteiger partial charge < -0.3 is 15.1 Å². The lowest BCUT2D eigenvalue weighted by molar-refractivity contribution is 0.0956. The molecule has 2 aromatic carbocycles. The second kappa shape index (κ2) is 13.7. The van der Waals surface area contributed by atoms with Gasteiger partial charge in [-0.15, -0.1) is 11.3 Å². The van der Waals surface area contributed by atoms with Crippen LogP contribution in [0.15, 0.2) is 65.1 Å². The van der Waals surface area contributed by atoms with Crippen molar-refractivity contribution in [3.05, 3.63) is 87.8 Å². The van der Waals surface area contributed by atoms with E-state index in [1.807, 2.05) is 49.4 Å². The molecule has 0 saturated carbocycles. The minimum absolute atomic E-state index is 0.248. The number of carbonyl (C=O) groups is 2. The normalized spacial score (nSPS) is 11.4. The van der Waals surface area contributed by atoms with Crippen molar-refractivity contribution in [2.24, 2.45) is 5.10 Å². The van der Waals surface area contributed by atoms with Gasteiger partial charge in [0.15, 0.2) is 0 Å². The standard InChI is InChI=1S/C28H35N5O2S/c1-5-33(6-2)16-15-32(4)20-23-8-7-9-24(18-23)26(34)30-28-25(14-17-36-28)27(35)31-29-19-22-12-10-21(3)11-13-22/h7-14,17-19H,5-6,15-16,20H2,1-4H3,(H,30,34)(H,31,35)/b29-19+. The van der Waals surface area contributed by atoms with Crippen LogP contribution < -0.4 is 10.7 Å². The fourth-order valence-electron chi connectivity index (χ4n) is 3.69. The Balaban J connectivity index is 1.58. The van der Waals surface area contributed by atoms with Gasteiger partial charge in [-0.05, 0) is 61.8 Å². The summed E-state index contributed by atoms with van der Waals surface area (Å²) < 4.78 is 0. The smallest absolute Gasteiger partial charge is 0.274 e. The highest BCUT2D eigenvalue weighted by Crippen LogP contribution is 2.24. The topological polar surface area (TPSA) is 77.0 Å². The van der Waals surface area contributed by atoms with E-state index in [1.165, 1.54) is 11.3 Å². The Hall–Kier alpha value is -3.33. The summed E-state index contributed by atoms with van der Waals surface area (Å²) in [5, 5.41) is 9.19. The van der Waals surface area contributed by atoms with E-state index in [4.69, 9.17) is 0 Å². The van der Waals surface area contributed by atoms with Crippen molar-refractivity contribution in [3.63, 3.8) is 0 Å². The zero-order valence-electron chi connectivity index (χ0n) is 21.5. The first-order chi connectivity index (χ1) is 17.4.